The minimum atomic E-state index is -3.80. The molecule has 0 saturated carbocycles. The summed E-state index contributed by atoms with van der Waals surface area (Å²) in [7, 11) is -3.80. The van der Waals surface area contributed by atoms with E-state index >= 15 is 0 Å². The Kier molecular flexibility index (Phi) is 5.08. The van der Waals surface area contributed by atoms with E-state index in [9.17, 15) is 12.8 Å². The number of nitrogens with zero attached hydrogens (tertiary/aromatic N) is 2. The predicted molar refractivity (Wildman–Crippen MR) is 92.9 cm³/mol. The largest absolute Gasteiger partial charge is 0.264 e. The molecule has 0 saturated heterocycles. The van der Waals surface area contributed by atoms with Gasteiger partial charge in [-0.05, 0) is 42.0 Å². The molecule has 1 N–H and O–H groups in total. The second-order valence-electron chi connectivity index (χ2n) is 5.19. The van der Waals surface area contributed by atoms with Crippen LogP contribution in [0.2, 0.25) is 5.02 Å². The highest BCUT2D eigenvalue weighted by Crippen LogP contribution is 2.20. The molecule has 0 aliphatic heterocycles. The van der Waals surface area contributed by atoms with E-state index in [-0.39, 0.29) is 16.5 Å². The van der Waals surface area contributed by atoms with E-state index < -0.39 is 15.8 Å². The standard InChI is InChI=1S/C17H13ClFN3O2S/c18-15-8-14(4-5-16(15)19)25(23,24)22-10-12-3-6-17(21-9-12)13-2-1-7-20-11-13/h1-9,11,22H,10H2. The lowest BCUT2D eigenvalue weighted by Gasteiger charge is -2.08. The number of hydrogen-bond donors (Lipinski definition) is 1. The van der Waals surface area contributed by atoms with Gasteiger partial charge in [0.15, 0.2) is 0 Å². The van der Waals surface area contributed by atoms with Gasteiger partial charge in [0, 0.05) is 30.7 Å². The molecule has 0 radical (unpaired) electrons. The van der Waals surface area contributed by atoms with Gasteiger partial charge in [-0.2, -0.15) is 0 Å². The molecule has 0 unspecified atom stereocenters. The summed E-state index contributed by atoms with van der Waals surface area (Å²) >= 11 is 5.63. The number of sulfonamides is 1. The monoisotopic (exact) mass is 377 g/mol. The fourth-order valence-electron chi connectivity index (χ4n) is 2.12. The van der Waals surface area contributed by atoms with Gasteiger partial charge in [-0.15, -0.1) is 0 Å². The van der Waals surface area contributed by atoms with E-state index in [0.717, 1.165) is 29.5 Å². The van der Waals surface area contributed by atoms with Crippen molar-refractivity contribution in [3.05, 3.63) is 77.5 Å². The lowest BCUT2D eigenvalue weighted by atomic mass is 10.1. The zero-order valence-electron chi connectivity index (χ0n) is 12.9. The Balaban J connectivity index is 1.71. The Bertz CT molecular complexity index is 981. The van der Waals surface area contributed by atoms with E-state index in [2.05, 4.69) is 14.7 Å². The third-order valence-corrected chi connectivity index (χ3v) is 5.14. The second kappa shape index (κ2) is 7.26. The Labute approximate surface area is 149 Å². The van der Waals surface area contributed by atoms with Crippen molar-refractivity contribution in [3.8, 4) is 11.3 Å². The lowest BCUT2D eigenvalue weighted by molar-refractivity contribution is 0.580. The van der Waals surface area contributed by atoms with Crippen LogP contribution in [0.1, 0.15) is 5.56 Å². The number of rotatable bonds is 5. The molecule has 3 rings (SSSR count). The smallest absolute Gasteiger partial charge is 0.240 e. The first-order valence-electron chi connectivity index (χ1n) is 7.26. The summed E-state index contributed by atoms with van der Waals surface area (Å²) in [4.78, 5) is 8.23. The maximum atomic E-state index is 13.2. The molecule has 5 nitrogen and oxygen atoms in total. The van der Waals surface area contributed by atoms with Crippen molar-refractivity contribution in [2.45, 2.75) is 11.4 Å². The van der Waals surface area contributed by atoms with Crippen LogP contribution in [-0.4, -0.2) is 18.4 Å². The molecule has 128 valence electrons. The van der Waals surface area contributed by atoms with Gasteiger partial charge < -0.3 is 0 Å². The van der Waals surface area contributed by atoms with Gasteiger partial charge in [0.1, 0.15) is 5.82 Å². The van der Waals surface area contributed by atoms with E-state index in [1.54, 1.807) is 30.7 Å². The highest BCUT2D eigenvalue weighted by atomic mass is 35.5. The molecular weight excluding hydrogens is 365 g/mol. The molecule has 0 spiro atoms. The van der Waals surface area contributed by atoms with Crippen LogP contribution in [0.25, 0.3) is 11.3 Å². The number of hydrogen-bond acceptors (Lipinski definition) is 4. The number of nitrogens with one attached hydrogen (secondary N) is 1. The molecule has 0 atom stereocenters. The van der Waals surface area contributed by atoms with Crippen LogP contribution in [-0.2, 0) is 16.6 Å². The summed E-state index contributed by atoms with van der Waals surface area (Å²) < 4.78 is 40.1. The molecule has 3 aromatic rings. The molecule has 0 fully saturated rings. The van der Waals surface area contributed by atoms with Gasteiger partial charge >= 0.3 is 0 Å². The quantitative estimate of drug-likeness (QED) is 0.739. The van der Waals surface area contributed by atoms with Gasteiger partial charge in [-0.3, -0.25) is 9.97 Å². The third-order valence-electron chi connectivity index (χ3n) is 3.45. The average molecular weight is 378 g/mol. The van der Waals surface area contributed by atoms with Gasteiger partial charge in [0.05, 0.1) is 15.6 Å². The Hall–Kier alpha value is -2.35. The highest BCUT2D eigenvalue weighted by molar-refractivity contribution is 7.89. The van der Waals surface area contributed by atoms with Crippen molar-refractivity contribution in [1.29, 1.82) is 0 Å². The van der Waals surface area contributed by atoms with Crippen LogP contribution in [0.5, 0.6) is 0 Å². The first kappa shape index (κ1) is 17.5. The van der Waals surface area contributed by atoms with Crippen LogP contribution in [0.15, 0.2) is 66.0 Å². The summed E-state index contributed by atoms with van der Waals surface area (Å²) in [6.45, 7) is 0.0532. The zero-order chi connectivity index (χ0) is 17.9. The summed E-state index contributed by atoms with van der Waals surface area (Å²) in [6.07, 6.45) is 4.96. The van der Waals surface area contributed by atoms with Crippen LogP contribution in [0.3, 0.4) is 0 Å². The fourth-order valence-corrected chi connectivity index (χ4v) is 3.41. The van der Waals surface area contributed by atoms with Crippen LogP contribution in [0, 0.1) is 5.82 Å². The molecule has 0 amide bonds. The molecule has 0 aliphatic rings. The van der Waals surface area contributed by atoms with Gasteiger partial charge in [-0.25, -0.2) is 17.5 Å². The first-order valence-corrected chi connectivity index (χ1v) is 9.12. The van der Waals surface area contributed by atoms with Crippen molar-refractivity contribution < 1.29 is 12.8 Å². The topological polar surface area (TPSA) is 72.0 Å². The summed E-state index contributed by atoms with van der Waals surface area (Å²) in [5.74, 6) is -0.671. The molecular formula is C17H13ClFN3O2S. The maximum absolute atomic E-state index is 13.2. The molecule has 8 heteroatoms. The van der Waals surface area contributed by atoms with E-state index in [1.165, 1.54) is 0 Å². The fraction of sp³-hybridized carbons (Fsp3) is 0.0588. The van der Waals surface area contributed by atoms with E-state index in [0.29, 0.717) is 5.56 Å². The number of pyridine rings is 2. The Morgan fingerprint density at radius 2 is 1.96 bits per heavy atom. The van der Waals surface area contributed by atoms with E-state index in [1.807, 2.05) is 12.1 Å². The van der Waals surface area contributed by atoms with Crippen molar-refractivity contribution in [2.75, 3.05) is 0 Å². The molecule has 1 aromatic carbocycles. The summed E-state index contributed by atoms with van der Waals surface area (Å²) in [5.41, 5.74) is 2.30. The van der Waals surface area contributed by atoms with Gasteiger partial charge in [0.2, 0.25) is 10.0 Å². The van der Waals surface area contributed by atoms with Crippen LogP contribution >= 0.6 is 11.6 Å². The van der Waals surface area contributed by atoms with Crippen molar-refractivity contribution in [2.24, 2.45) is 0 Å². The molecule has 2 heterocycles. The predicted octanol–water partition coefficient (Wildman–Crippen LogP) is 3.41. The van der Waals surface area contributed by atoms with Crippen molar-refractivity contribution in [3.63, 3.8) is 0 Å². The minimum absolute atomic E-state index is 0.0532. The number of benzene rings is 1. The number of aromatic nitrogens is 2. The SMILES string of the molecule is O=S(=O)(NCc1ccc(-c2cccnc2)nc1)c1ccc(F)c(Cl)c1. The van der Waals surface area contributed by atoms with Gasteiger partial charge in [0.25, 0.3) is 0 Å². The van der Waals surface area contributed by atoms with E-state index in [4.69, 9.17) is 11.6 Å². The minimum Gasteiger partial charge on any atom is -0.264 e. The number of halogens is 2. The highest BCUT2D eigenvalue weighted by Gasteiger charge is 2.15. The zero-order valence-corrected chi connectivity index (χ0v) is 14.4. The molecule has 2 aromatic heterocycles. The summed E-state index contributed by atoms with van der Waals surface area (Å²) in [5, 5.41) is -0.245. The maximum Gasteiger partial charge on any atom is 0.240 e. The van der Waals surface area contributed by atoms with Crippen LogP contribution in [0.4, 0.5) is 4.39 Å². The average Bonchev–Trinajstić information content (AvgIpc) is 2.63. The summed E-state index contributed by atoms with van der Waals surface area (Å²) in [6, 6.07) is 10.5. The first-order chi connectivity index (χ1) is 12.0. The molecule has 0 aliphatic carbocycles. The lowest BCUT2D eigenvalue weighted by Crippen LogP contribution is -2.23. The molecule has 0 bridgehead atoms. The van der Waals surface area contributed by atoms with Crippen LogP contribution < -0.4 is 4.72 Å². The Morgan fingerprint density at radius 3 is 2.60 bits per heavy atom. The normalized spacial score (nSPS) is 11.4. The second-order valence-corrected chi connectivity index (χ2v) is 7.37. The molecule has 25 heavy (non-hydrogen) atoms. The van der Waals surface area contributed by atoms with Crippen molar-refractivity contribution in [1.82, 2.24) is 14.7 Å². The third kappa shape index (κ3) is 4.19. The Morgan fingerprint density at radius 1 is 1.12 bits per heavy atom. The van der Waals surface area contributed by atoms with Gasteiger partial charge in [-0.1, -0.05) is 17.7 Å². The van der Waals surface area contributed by atoms with Crippen molar-refractivity contribution >= 4 is 21.6 Å².